The van der Waals surface area contributed by atoms with Gasteiger partial charge in [0, 0.05) is 11.1 Å². The van der Waals surface area contributed by atoms with Crippen LogP contribution in [0.25, 0.3) is 23.3 Å². The van der Waals surface area contributed by atoms with Crippen molar-refractivity contribution in [1.29, 1.82) is 0 Å². The Morgan fingerprint density at radius 2 is 0.964 bits per heavy atom. The van der Waals surface area contributed by atoms with Crippen LogP contribution in [0.2, 0.25) is 0 Å². The fourth-order valence-corrected chi connectivity index (χ4v) is 3.19. The van der Waals surface area contributed by atoms with Crippen LogP contribution in [0.1, 0.15) is 36.1 Å². The fourth-order valence-electron chi connectivity index (χ4n) is 3.19. The monoisotopic (exact) mass is 374 g/mol. The Bertz CT molecular complexity index is 1020. The molecule has 4 nitrogen and oxygen atoms in total. The molecule has 0 aliphatic carbocycles. The summed E-state index contributed by atoms with van der Waals surface area (Å²) in [5.41, 5.74) is 3.54. The molecule has 0 aliphatic heterocycles. The van der Waals surface area contributed by atoms with Crippen LogP contribution in [0.3, 0.4) is 0 Å². The van der Waals surface area contributed by atoms with Gasteiger partial charge in [-0.2, -0.15) is 0 Å². The molecule has 0 aliphatic rings. The number of allylic oxidation sites excluding steroid dienone is 2. The van der Waals surface area contributed by atoms with Gasteiger partial charge >= 0.3 is 0 Å². The maximum Gasteiger partial charge on any atom is 0.234 e. The van der Waals surface area contributed by atoms with Gasteiger partial charge in [-0.05, 0) is 60.4 Å². The average molecular weight is 374 g/mol. The molecule has 0 fully saturated rings. The van der Waals surface area contributed by atoms with Gasteiger partial charge in [-0.25, -0.2) is 0 Å². The number of hydrogen-bond donors (Lipinski definition) is 0. The molecule has 3 aromatic carbocycles. The first-order chi connectivity index (χ1) is 13.4. The van der Waals surface area contributed by atoms with Crippen LogP contribution in [0.15, 0.2) is 58.1 Å². The molecule has 142 valence electrons. The summed E-state index contributed by atoms with van der Waals surface area (Å²) in [4.78, 5) is 24.5. The molecule has 0 radical (unpaired) electrons. The second-order valence-electron chi connectivity index (χ2n) is 6.61. The zero-order chi connectivity index (χ0) is 20.3. The van der Waals surface area contributed by atoms with Gasteiger partial charge in [0.1, 0.15) is 11.5 Å². The Labute approximate surface area is 164 Å². The van der Waals surface area contributed by atoms with Gasteiger partial charge in [-0.1, -0.05) is 36.4 Å². The molecule has 0 amide bonds. The third-order valence-corrected chi connectivity index (χ3v) is 4.70. The van der Waals surface area contributed by atoms with E-state index in [4.69, 9.17) is 9.47 Å². The van der Waals surface area contributed by atoms with Crippen LogP contribution in [-0.4, -0.2) is 14.2 Å². The molecule has 0 aromatic heterocycles. The van der Waals surface area contributed by atoms with Gasteiger partial charge in [0.25, 0.3) is 0 Å². The Kier molecular flexibility index (Phi) is 5.59. The number of hydrogen-bond acceptors (Lipinski definition) is 4. The molecule has 0 bridgehead atoms. The van der Waals surface area contributed by atoms with Gasteiger partial charge in [0.15, 0.2) is 0 Å². The van der Waals surface area contributed by atoms with Crippen molar-refractivity contribution in [2.75, 3.05) is 14.2 Å². The molecule has 0 atom stereocenters. The summed E-state index contributed by atoms with van der Waals surface area (Å²) >= 11 is 0. The summed E-state index contributed by atoms with van der Waals surface area (Å²) in [6, 6.07) is 15.1. The SMILES string of the molecule is COc1ccc(/C=C(\C)c2c(/C(C)=C/c3ccc(OC)cc3)c(=O)c2=O)cc1. The number of benzene rings is 2. The molecule has 0 saturated carbocycles. The largest absolute Gasteiger partial charge is 0.497 e. The van der Waals surface area contributed by atoms with Gasteiger partial charge < -0.3 is 9.47 Å². The Morgan fingerprint density at radius 1 is 0.643 bits per heavy atom. The van der Waals surface area contributed by atoms with Crippen molar-refractivity contribution in [3.8, 4) is 11.5 Å². The molecule has 4 heteroatoms. The van der Waals surface area contributed by atoms with Crippen LogP contribution in [-0.2, 0) is 0 Å². The second kappa shape index (κ2) is 8.09. The summed E-state index contributed by atoms with van der Waals surface area (Å²) in [6.45, 7) is 3.70. The lowest BCUT2D eigenvalue weighted by Gasteiger charge is -2.13. The zero-order valence-electron chi connectivity index (χ0n) is 16.4. The predicted molar refractivity (Wildman–Crippen MR) is 114 cm³/mol. The highest BCUT2D eigenvalue weighted by molar-refractivity contribution is 5.92. The van der Waals surface area contributed by atoms with Crippen LogP contribution >= 0.6 is 0 Å². The van der Waals surface area contributed by atoms with E-state index in [1.165, 1.54) is 0 Å². The van der Waals surface area contributed by atoms with E-state index in [2.05, 4.69) is 0 Å². The van der Waals surface area contributed by atoms with Crippen molar-refractivity contribution in [1.82, 2.24) is 0 Å². The molecule has 0 N–H and O–H groups in total. The third kappa shape index (κ3) is 3.81. The smallest absolute Gasteiger partial charge is 0.234 e. The highest BCUT2D eigenvalue weighted by atomic mass is 16.5. The minimum Gasteiger partial charge on any atom is -0.497 e. The number of ether oxygens (including phenoxy) is 2. The first kappa shape index (κ1) is 19.4. The fraction of sp³-hybridized carbons (Fsp3) is 0.167. The van der Waals surface area contributed by atoms with E-state index >= 15 is 0 Å². The van der Waals surface area contributed by atoms with E-state index < -0.39 is 10.9 Å². The molecular formula is C24H22O4. The van der Waals surface area contributed by atoms with E-state index in [9.17, 15) is 9.59 Å². The van der Waals surface area contributed by atoms with Gasteiger partial charge in [0.05, 0.1) is 14.2 Å². The van der Waals surface area contributed by atoms with E-state index in [1.807, 2.05) is 74.5 Å². The third-order valence-electron chi connectivity index (χ3n) is 4.70. The summed E-state index contributed by atoms with van der Waals surface area (Å²) < 4.78 is 10.3. The first-order valence-corrected chi connectivity index (χ1v) is 8.93. The topological polar surface area (TPSA) is 52.6 Å². The Morgan fingerprint density at radius 3 is 1.25 bits per heavy atom. The van der Waals surface area contributed by atoms with Crippen molar-refractivity contribution >= 4 is 23.3 Å². The quantitative estimate of drug-likeness (QED) is 0.599. The highest BCUT2D eigenvalue weighted by Crippen LogP contribution is 2.25. The molecule has 0 unspecified atom stereocenters. The van der Waals surface area contributed by atoms with E-state index in [1.54, 1.807) is 14.2 Å². The first-order valence-electron chi connectivity index (χ1n) is 8.93. The van der Waals surface area contributed by atoms with Gasteiger partial charge in [0.2, 0.25) is 10.9 Å². The minimum absolute atomic E-state index is 0.431. The van der Waals surface area contributed by atoms with Crippen LogP contribution in [0, 0.1) is 0 Å². The Hall–Kier alpha value is -3.40. The number of methoxy groups -OCH3 is 2. The lowest BCUT2D eigenvalue weighted by atomic mass is 9.88. The minimum atomic E-state index is -0.431. The lowest BCUT2D eigenvalue weighted by Crippen LogP contribution is -2.38. The normalized spacial score (nSPS) is 12.3. The van der Waals surface area contributed by atoms with Crippen molar-refractivity contribution in [2.24, 2.45) is 0 Å². The highest BCUT2D eigenvalue weighted by Gasteiger charge is 2.22. The van der Waals surface area contributed by atoms with Crippen molar-refractivity contribution < 1.29 is 9.47 Å². The number of rotatable bonds is 6. The zero-order valence-corrected chi connectivity index (χ0v) is 16.4. The molecule has 0 saturated heterocycles. The molecule has 0 spiro atoms. The average Bonchev–Trinajstić information content (AvgIpc) is 2.71. The van der Waals surface area contributed by atoms with Crippen molar-refractivity contribution in [3.05, 3.63) is 91.2 Å². The second-order valence-corrected chi connectivity index (χ2v) is 6.61. The maximum atomic E-state index is 12.2. The molecule has 28 heavy (non-hydrogen) atoms. The van der Waals surface area contributed by atoms with E-state index in [-0.39, 0.29) is 0 Å². The predicted octanol–water partition coefficient (Wildman–Crippen LogP) is 4.42. The summed E-state index contributed by atoms with van der Waals surface area (Å²) in [6.07, 6.45) is 3.81. The van der Waals surface area contributed by atoms with E-state index in [0.717, 1.165) is 33.8 Å². The van der Waals surface area contributed by atoms with Gasteiger partial charge in [-0.3, -0.25) is 9.59 Å². The molecule has 3 rings (SSSR count). The lowest BCUT2D eigenvalue weighted by molar-refractivity contribution is 0.414. The molecule has 0 heterocycles. The standard InChI is InChI=1S/C24H22O4/c1-15(13-17-5-9-19(27-3)10-6-17)21-22(24(26)23(21)25)16(2)14-18-7-11-20(28-4)12-8-18/h5-14H,1-4H3/b15-13+,16-14+. The summed E-state index contributed by atoms with van der Waals surface area (Å²) in [5.74, 6) is 1.53. The van der Waals surface area contributed by atoms with Crippen molar-refractivity contribution in [2.45, 2.75) is 13.8 Å². The van der Waals surface area contributed by atoms with Crippen molar-refractivity contribution in [3.63, 3.8) is 0 Å². The van der Waals surface area contributed by atoms with Crippen LogP contribution in [0.4, 0.5) is 0 Å². The van der Waals surface area contributed by atoms with Crippen LogP contribution in [0.5, 0.6) is 11.5 Å². The van der Waals surface area contributed by atoms with E-state index in [0.29, 0.717) is 11.1 Å². The van der Waals surface area contributed by atoms with Crippen LogP contribution < -0.4 is 20.3 Å². The maximum absolute atomic E-state index is 12.2. The Balaban J connectivity index is 1.94. The molecule has 3 aromatic rings. The molecular weight excluding hydrogens is 352 g/mol. The summed E-state index contributed by atoms with van der Waals surface area (Å²) in [7, 11) is 3.23. The summed E-state index contributed by atoms with van der Waals surface area (Å²) in [5, 5.41) is 0. The van der Waals surface area contributed by atoms with Gasteiger partial charge in [-0.15, -0.1) is 0 Å².